The first kappa shape index (κ1) is 20.0. The van der Waals surface area contributed by atoms with Gasteiger partial charge in [-0.15, -0.1) is 0 Å². The monoisotopic (exact) mass is 397 g/mol. The van der Waals surface area contributed by atoms with Gasteiger partial charge in [0.1, 0.15) is 17.1 Å². The van der Waals surface area contributed by atoms with Gasteiger partial charge in [-0.3, -0.25) is 4.79 Å². The second kappa shape index (κ2) is 8.11. The van der Waals surface area contributed by atoms with E-state index in [1.807, 2.05) is 52.8 Å². The predicted molar refractivity (Wildman–Crippen MR) is 115 cm³/mol. The summed E-state index contributed by atoms with van der Waals surface area (Å²) in [5.74, 6) is 1.38. The van der Waals surface area contributed by atoms with Crippen LogP contribution in [0.25, 0.3) is 16.5 Å². The summed E-state index contributed by atoms with van der Waals surface area (Å²) in [5, 5.41) is 4.36. The summed E-state index contributed by atoms with van der Waals surface area (Å²) in [6.07, 6.45) is 1.56. The summed E-state index contributed by atoms with van der Waals surface area (Å²) < 4.78 is 11.8. The fourth-order valence-electron chi connectivity index (χ4n) is 3.24. The number of carbonyl (C=O) groups is 1. The second-order valence-corrected chi connectivity index (χ2v) is 7.17. The Morgan fingerprint density at radius 1 is 1.21 bits per heavy atom. The molecule has 4 nitrogen and oxygen atoms in total. The van der Waals surface area contributed by atoms with Gasteiger partial charge >= 0.3 is 0 Å². The van der Waals surface area contributed by atoms with Gasteiger partial charge in [-0.05, 0) is 64.0 Å². The van der Waals surface area contributed by atoms with E-state index in [1.165, 1.54) is 0 Å². The number of nitrogens with one attached hydrogen (secondary N) is 1. The zero-order valence-electron chi connectivity index (χ0n) is 16.8. The lowest BCUT2D eigenvalue weighted by molar-refractivity contribution is -0.111. The van der Waals surface area contributed by atoms with Gasteiger partial charge in [-0.2, -0.15) is 0 Å². The van der Waals surface area contributed by atoms with Gasteiger partial charge in [0.25, 0.3) is 0 Å². The molecule has 1 N–H and O–H groups in total. The highest BCUT2D eigenvalue weighted by Gasteiger charge is 2.19. The van der Waals surface area contributed by atoms with Crippen LogP contribution in [0.2, 0.25) is 5.02 Å². The highest BCUT2D eigenvalue weighted by atomic mass is 35.5. The average molecular weight is 398 g/mol. The van der Waals surface area contributed by atoms with Crippen LogP contribution < -0.4 is 10.1 Å². The summed E-state index contributed by atoms with van der Waals surface area (Å²) >= 11 is 6.13. The fraction of sp³-hybridized carbons (Fsp3) is 0.261. The first-order valence-electron chi connectivity index (χ1n) is 9.23. The minimum absolute atomic E-state index is 0.245. The third kappa shape index (κ3) is 3.78. The lowest BCUT2D eigenvalue weighted by atomic mass is 9.98. The van der Waals surface area contributed by atoms with E-state index in [0.717, 1.165) is 44.7 Å². The number of benzene rings is 2. The Balaban J connectivity index is 2.04. The van der Waals surface area contributed by atoms with Gasteiger partial charge in [0.05, 0.1) is 17.3 Å². The average Bonchev–Trinajstić information content (AvgIpc) is 2.94. The molecule has 1 aromatic heterocycles. The number of ether oxygens (including phenoxy) is 1. The molecular weight excluding hydrogens is 374 g/mol. The number of fused-ring (bicyclic) bond motifs is 1. The molecule has 5 heteroatoms. The van der Waals surface area contributed by atoms with Crippen LogP contribution in [0.1, 0.15) is 36.3 Å². The Hall–Kier alpha value is -2.72. The normalized spacial score (nSPS) is 11.7. The maximum absolute atomic E-state index is 12.5. The van der Waals surface area contributed by atoms with Crippen molar-refractivity contribution in [2.45, 2.75) is 34.6 Å². The van der Waals surface area contributed by atoms with Crippen LogP contribution in [-0.4, -0.2) is 12.5 Å². The molecule has 0 aliphatic rings. The van der Waals surface area contributed by atoms with E-state index in [2.05, 4.69) is 5.32 Å². The van der Waals surface area contributed by atoms with Crippen molar-refractivity contribution in [1.29, 1.82) is 0 Å². The Labute approximate surface area is 170 Å². The maximum atomic E-state index is 12.5. The van der Waals surface area contributed by atoms with E-state index < -0.39 is 0 Å². The number of furan rings is 1. The number of hydrogen-bond acceptors (Lipinski definition) is 3. The zero-order chi connectivity index (χ0) is 20.4. The summed E-state index contributed by atoms with van der Waals surface area (Å²) in [6, 6.07) is 9.19. The lowest BCUT2D eigenvalue weighted by Gasteiger charge is -2.14. The Morgan fingerprint density at radius 3 is 2.61 bits per heavy atom. The van der Waals surface area contributed by atoms with Crippen LogP contribution >= 0.6 is 11.6 Å². The quantitative estimate of drug-likeness (QED) is 0.503. The van der Waals surface area contributed by atoms with Crippen molar-refractivity contribution < 1.29 is 13.9 Å². The molecule has 1 heterocycles. The molecule has 3 aromatic rings. The van der Waals surface area contributed by atoms with Crippen LogP contribution in [0.5, 0.6) is 5.75 Å². The smallest absolute Gasteiger partial charge is 0.248 e. The third-order valence-corrected chi connectivity index (χ3v) is 5.17. The van der Waals surface area contributed by atoms with Gasteiger partial charge in [-0.25, -0.2) is 0 Å². The highest BCUT2D eigenvalue weighted by molar-refractivity contribution is 6.33. The summed E-state index contributed by atoms with van der Waals surface area (Å²) in [7, 11) is 0. The molecule has 3 rings (SSSR count). The first-order chi connectivity index (χ1) is 13.3. The number of aryl methyl sites for hydroxylation is 3. The molecule has 28 heavy (non-hydrogen) atoms. The molecule has 0 fully saturated rings. The van der Waals surface area contributed by atoms with Crippen molar-refractivity contribution in [3.8, 4) is 5.75 Å². The van der Waals surface area contributed by atoms with E-state index in [4.69, 9.17) is 20.8 Å². The van der Waals surface area contributed by atoms with E-state index in [9.17, 15) is 4.79 Å². The lowest BCUT2D eigenvalue weighted by Crippen LogP contribution is -2.09. The van der Waals surface area contributed by atoms with E-state index in [0.29, 0.717) is 17.3 Å². The van der Waals surface area contributed by atoms with Gasteiger partial charge in [0.2, 0.25) is 5.91 Å². The molecule has 0 spiro atoms. The third-order valence-electron chi connectivity index (χ3n) is 4.84. The van der Waals surface area contributed by atoms with Crippen molar-refractivity contribution in [2.24, 2.45) is 0 Å². The second-order valence-electron chi connectivity index (χ2n) is 6.77. The van der Waals surface area contributed by atoms with E-state index >= 15 is 0 Å². The molecule has 0 saturated heterocycles. The minimum Gasteiger partial charge on any atom is -0.493 e. The molecule has 2 aromatic carbocycles. The van der Waals surface area contributed by atoms with E-state index in [1.54, 1.807) is 18.2 Å². The summed E-state index contributed by atoms with van der Waals surface area (Å²) in [4.78, 5) is 12.5. The minimum atomic E-state index is -0.245. The molecule has 1 amide bonds. The van der Waals surface area contributed by atoms with Gasteiger partial charge in [-0.1, -0.05) is 23.7 Å². The van der Waals surface area contributed by atoms with Crippen molar-refractivity contribution in [1.82, 2.24) is 0 Å². The number of carbonyl (C=O) groups excluding carboxylic acids is 1. The molecule has 0 bridgehead atoms. The number of allylic oxidation sites excluding steroid dienone is 1. The van der Waals surface area contributed by atoms with Gasteiger partial charge < -0.3 is 14.5 Å². The fourth-order valence-corrected chi connectivity index (χ4v) is 3.42. The van der Waals surface area contributed by atoms with Crippen molar-refractivity contribution in [3.63, 3.8) is 0 Å². The Bertz CT molecular complexity index is 1080. The number of halogens is 1. The molecule has 0 aliphatic heterocycles. The number of hydrogen-bond donors (Lipinski definition) is 1. The topological polar surface area (TPSA) is 51.5 Å². The first-order valence-corrected chi connectivity index (χ1v) is 9.61. The highest BCUT2D eigenvalue weighted by Crippen LogP contribution is 2.39. The molecular formula is C23H24ClNO3. The number of amides is 1. The molecule has 0 atom stereocenters. The van der Waals surface area contributed by atoms with Crippen LogP contribution in [0, 0.1) is 20.8 Å². The molecule has 0 saturated carbocycles. The van der Waals surface area contributed by atoms with E-state index in [-0.39, 0.29) is 5.91 Å². The van der Waals surface area contributed by atoms with Crippen LogP contribution in [0.4, 0.5) is 5.69 Å². The van der Waals surface area contributed by atoms with Crippen LogP contribution in [0.3, 0.4) is 0 Å². The largest absolute Gasteiger partial charge is 0.493 e. The molecule has 0 aliphatic carbocycles. The predicted octanol–water partition coefficient (Wildman–Crippen LogP) is 6.45. The van der Waals surface area contributed by atoms with Gasteiger partial charge in [0.15, 0.2) is 0 Å². The van der Waals surface area contributed by atoms with Crippen LogP contribution in [0.15, 0.2) is 40.8 Å². The Kier molecular flexibility index (Phi) is 5.80. The number of para-hydroxylation sites is 1. The molecule has 0 unspecified atom stereocenters. The van der Waals surface area contributed by atoms with Crippen molar-refractivity contribution in [2.75, 3.05) is 11.9 Å². The van der Waals surface area contributed by atoms with Gasteiger partial charge in [0, 0.05) is 22.6 Å². The SMILES string of the molecule is CCOc1c(/C(C)=C/C(=O)Nc2ccccc2Cl)cc2c(C)c(C)oc2c1C. The standard InChI is InChI=1S/C23H24ClNO3/c1-6-27-22-15(4)23-18(14(3)16(5)28-23)12-17(22)13(2)11-21(26)25-20-10-8-7-9-19(20)24/h7-12H,6H2,1-5H3,(H,25,26)/b13-11+. The zero-order valence-corrected chi connectivity index (χ0v) is 17.5. The summed E-state index contributed by atoms with van der Waals surface area (Å²) in [6.45, 7) is 10.3. The van der Waals surface area contributed by atoms with Crippen LogP contribution in [-0.2, 0) is 4.79 Å². The van der Waals surface area contributed by atoms with Crippen molar-refractivity contribution in [3.05, 3.63) is 63.9 Å². The molecule has 146 valence electrons. The molecule has 0 radical (unpaired) electrons. The number of anilines is 1. The maximum Gasteiger partial charge on any atom is 0.248 e. The summed E-state index contributed by atoms with van der Waals surface area (Å²) in [5.41, 5.74) is 5.12. The van der Waals surface area contributed by atoms with Crippen molar-refractivity contribution >= 4 is 39.7 Å². The number of rotatable bonds is 5. The Morgan fingerprint density at radius 2 is 1.93 bits per heavy atom.